The molecule has 1 amide bonds. The normalized spacial score (nSPS) is 19.1. The van der Waals surface area contributed by atoms with Gasteiger partial charge < -0.3 is 9.47 Å². The van der Waals surface area contributed by atoms with Gasteiger partial charge in [-0.25, -0.2) is 5.01 Å². The van der Waals surface area contributed by atoms with Crippen LogP contribution < -0.4 is 9.47 Å². The molecule has 3 aliphatic heterocycles. The van der Waals surface area contributed by atoms with E-state index >= 15 is 0 Å². The van der Waals surface area contributed by atoms with Gasteiger partial charge in [0.15, 0.2) is 11.5 Å². The molecule has 0 aliphatic carbocycles. The van der Waals surface area contributed by atoms with Crippen molar-refractivity contribution < 1.29 is 14.3 Å². The van der Waals surface area contributed by atoms with Gasteiger partial charge in [0.25, 0.3) is 5.91 Å². The summed E-state index contributed by atoms with van der Waals surface area (Å²) in [4.78, 5) is 15.8. The van der Waals surface area contributed by atoms with Crippen molar-refractivity contribution in [3.63, 3.8) is 0 Å². The zero-order valence-electron chi connectivity index (χ0n) is 19.2. The number of amides is 1. The van der Waals surface area contributed by atoms with Gasteiger partial charge >= 0.3 is 0 Å². The average Bonchev–Trinajstić information content (AvgIpc) is 3.51. The van der Waals surface area contributed by atoms with Crippen LogP contribution in [0.25, 0.3) is 0 Å². The van der Waals surface area contributed by atoms with Crippen molar-refractivity contribution in [1.82, 2.24) is 9.91 Å². The Kier molecular flexibility index (Phi) is 5.30. The lowest BCUT2D eigenvalue weighted by Gasteiger charge is -2.30. The van der Waals surface area contributed by atoms with Gasteiger partial charge in [-0.3, -0.25) is 9.69 Å². The highest BCUT2D eigenvalue weighted by molar-refractivity contribution is 6.03. The first-order valence-corrected chi connectivity index (χ1v) is 11.8. The number of hydrogen-bond donors (Lipinski definition) is 0. The molecule has 34 heavy (non-hydrogen) atoms. The molecule has 0 aromatic heterocycles. The molecule has 0 N–H and O–H groups in total. The number of hydrazone groups is 1. The lowest BCUT2D eigenvalue weighted by Crippen LogP contribution is -2.40. The number of hydrogen-bond acceptors (Lipinski definition) is 5. The van der Waals surface area contributed by atoms with Crippen molar-refractivity contribution in [3.8, 4) is 11.5 Å². The Labute approximate surface area is 199 Å². The number of ether oxygens (including phenoxy) is 2. The number of benzene rings is 3. The van der Waals surface area contributed by atoms with Gasteiger partial charge in [-0.1, -0.05) is 60.2 Å². The fourth-order valence-corrected chi connectivity index (χ4v) is 4.99. The van der Waals surface area contributed by atoms with Gasteiger partial charge in [0.1, 0.15) is 0 Å². The Morgan fingerprint density at radius 3 is 2.65 bits per heavy atom. The monoisotopic (exact) mass is 453 g/mol. The molecule has 1 unspecified atom stereocenters. The van der Waals surface area contributed by atoms with E-state index in [1.807, 2.05) is 18.2 Å². The van der Waals surface area contributed by atoms with Gasteiger partial charge in [-0.05, 0) is 47.7 Å². The van der Waals surface area contributed by atoms with Crippen molar-refractivity contribution in [2.75, 3.05) is 19.9 Å². The molecule has 3 aliphatic rings. The van der Waals surface area contributed by atoms with Crippen LogP contribution in [0.15, 0.2) is 71.8 Å². The SMILES string of the molecule is Cc1ccc(C2=NN(C(=O)CN3CCc4ccccc4C3)C(c3ccc4c(c3)OCO4)C2)cc1. The molecule has 6 heteroatoms. The third-order valence-corrected chi connectivity index (χ3v) is 6.90. The fourth-order valence-electron chi connectivity index (χ4n) is 4.99. The Hall–Kier alpha value is -3.64. The predicted molar refractivity (Wildman–Crippen MR) is 130 cm³/mol. The summed E-state index contributed by atoms with van der Waals surface area (Å²) in [5.41, 5.74) is 6.88. The van der Waals surface area contributed by atoms with E-state index in [2.05, 4.69) is 60.4 Å². The first-order chi connectivity index (χ1) is 16.6. The molecule has 3 aromatic carbocycles. The van der Waals surface area contributed by atoms with Crippen molar-refractivity contribution in [2.45, 2.75) is 32.4 Å². The third-order valence-electron chi connectivity index (χ3n) is 6.90. The van der Waals surface area contributed by atoms with E-state index in [0.717, 1.165) is 47.8 Å². The second kappa shape index (κ2) is 8.61. The highest BCUT2D eigenvalue weighted by Gasteiger charge is 2.35. The lowest BCUT2D eigenvalue weighted by atomic mass is 9.97. The maximum absolute atomic E-state index is 13.6. The molecule has 0 spiro atoms. The Morgan fingerprint density at radius 1 is 1.00 bits per heavy atom. The first kappa shape index (κ1) is 20.9. The summed E-state index contributed by atoms with van der Waals surface area (Å²) >= 11 is 0. The molecule has 0 radical (unpaired) electrons. The highest BCUT2D eigenvalue weighted by atomic mass is 16.7. The van der Waals surface area contributed by atoms with Gasteiger partial charge in [-0.15, -0.1) is 0 Å². The maximum atomic E-state index is 13.6. The molecule has 0 fully saturated rings. The minimum atomic E-state index is -0.171. The van der Waals surface area contributed by atoms with Crippen LogP contribution in [0.5, 0.6) is 11.5 Å². The topological polar surface area (TPSA) is 54.4 Å². The van der Waals surface area contributed by atoms with Crippen LogP contribution in [0.1, 0.15) is 40.3 Å². The van der Waals surface area contributed by atoms with Crippen LogP contribution in [0.3, 0.4) is 0 Å². The zero-order chi connectivity index (χ0) is 23.1. The smallest absolute Gasteiger partial charge is 0.257 e. The largest absolute Gasteiger partial charge is 0.454 e. The standard InChI is InChI=1S/C28H27N3O3/c1-19-6-8-21(9-7-19)24-15-25(22-10-11-26-27(14-22)34-18-33-26)31(29-24)28(32)17-30-13-12-20-4-2-3-5-23(20)16-30/h2-11,14,25H,12-13,15-18H2,1H3. The molecule has 172 valence electrons. The highest BCUT2D eigenvalue weighted by Crippen LogP contribution is 2.39. The van der Waals surface area contributed by atoms with Crippen LogP contribution in [-0.2, 0) is 17.8 Å². The first-order valence-electron chi connectivity index (χ1n) is 11.8. The average molecular weight is 454 g/mol. The van der Waals surface area contributed by atoms with E-state index in [1.54, 1.807) is 5.01 Å². The van der Waals surface area contributed by atoms with E-state index in [-0.39, 0.29) is 18.7 Å². The summed E-state index contributed by atoms with van der Waals surface area (Å²) in [5, 5.41) is 6.54. The van der Waals surface area contributed by atoms with Crippen molar-refractivity contribution in [1.29, 1.82) is 0 Å². The van der Waals surface area contributed by atoms with E-state index < -0.39 is 0 Å². The second-order valence-electron chi connectivity index (χ2n) is 9.21. The van der Waals surface area contributed by atoms with Gasteiger partial charge in [0, 0.05) is 19.5 Å². The minimum Gasteiger partial charge on any atom is -0.454 e. The van der Waals surface area contributed by atoms with Crippen LogP contribution >= 0.6 is 0 Å². The molecular formula is C28H27N3O3. The van der Waals surface area contributed by atoms with Crippen molar-refractivity contribution in [2.24, 2.45) is 5.10 Å². The summed E-state index contributed by atoms with van der Waals surface area (Å²) in [6, 6.07) is 22.6. The van der Waals surface area contributed by atoms with E-state index in [1.165, 1.54) is 16.7 Å². The molecule has 6 nitrogen and oxygen atoms in total. The summed E-state index contributed by atoms with van der Waals surface area (Å²) in [6.07, 6.45) is 1.63. The molecule has 6 rings (SSSR count). The summed E-state index contributed by atoms with van der Waals surface area (Å²) < 4.78 is 11.1. The minimum absolute atomic E-state index is 0.0177. The molecule has 0 bridgehead atoms. The van der Waals surface area contributed by atoms with E-state index in [0.29, 0.717) is 13.0 Å². The molecule has 3 aromatic rings. The Balaban J connectivity index is 1.27. The molecular weight excluding hydrogens is 426 g/mol. The molecule has 0 saturated heterocycles. The van der Waals surface area contributed by atoms with Crippen LogP contribution in [0.2, 0.25) is 0 Å². The summed E-state index contributed by atoms with van der Waals surface area (Å²) in [7, 11) is 0. The number of nitrogens with zero attached hydrogens (tertiary/aromatic N) is 3. The Bertz CT molecular complexity index is 1270. The Morgan fingerprint density at radius 2 is 1.79 bits per heavy atom. The number of rotatable bonds is 4. The van der Waals surface area contributed by atoms with Crippen LogP contribution in [0.4, 0.5) is 0 Å². The summed E-state index contributed by atoms with van der Waals surface area (Å²) in [6.45, 7) is 4.31. The van der Waals surface area contributed by atoms with Crippen LogP contribution in [-0.4, -0.2) is 41.4 Å². The molecule has 0 saturated carbocycles. The summed E-state index contributed by atoms with van der Waals surface area (Å²) in [5.74, 6) is 1.48. The zero-order valence-corrected chi connectivity index (χ0v) is 19.2. The van der Waals surface area contributed by atoms with E-state index in [9.17, 15) is 4.79 Å². The fraction of sp³-hybridized carbons (Fsp3) is 0.286. The van der Waals surface area contributed by atoms with Crippen molar-refractivity contribution >= 4 is 11.6 Å². The predicted octanol–water partition coefficient (Wildman–Crippen LogP) is 4.46. The lowest BCUT2D eigenvalue weighted by molar-refractivity contribution is -0.134. The maximum Gasteiger partial charge on any atom is 0.257 e. The third kappa shape index (κ3) is 3.94. The molecule has 1 atom stereocenters. The number of carbonyl (C=O) groups is 1. The number of carbonyl (C=O) groups excluding carboxylic acids is 1. The van der Waals surface area contributed by atoms with Gasteiger partial charge in [-0.2, -0.15) is 5.10 Å². The molecule has 3 heterocycles. The number of fused-ring (bicyclic) bond motifs is 2. The van der Waals surface area contributed by atoms with Gasteiger partial charge in [0.2, 0.25) is 6.79 Å². The quantitative estimate of drug-likeness (QED) is 0.585. The number of aryl methyl sites for hydroxylation is 1. The second-order valence-corrected chi connectivity index (χ2v) is 9.21. The van der Waals surface area contributed by atoms with Crippen molar-refractivity contribution in [3.05, 3.63) is 94.5 Å². The van der Waals surface area contributed by atoms with Gasteiger partial charge in [0.05, 0.1) is 18.3 Å². The van der Waals surface area contributed by atoms with Crippen LogP contribution in [0, 0.1) is 6.92 Å². The van der Waals surface area contributed by atoms with E-state index in [4.69, 9.17) is 14.6 Å².